The molecule has 0 saturated heterocycles. The Balaban J connectivity index is 1.61. The summed E-state index contributed by atoms with van der Waals surface area (Å²) < 4.78 is 10.5. The number of hydrogen-bond donors (Lipinski definition) is 0. The molecule has 0 saturated carbocycles. The van der Waals surface area contributed by atoms with Crippen LogP contribution in [0.3, 0.4) is 0 Å². The normalized spacial score (nSPS) is 12.2. The van der Waals surface area contributed by atoms with Crippen molar-refractivity contribution in [3.8, 4) is 22.1 Å². The molecule has 3 rings (SSSR count). The van der Waals surface area contributed by atoms with E-state index in [1.807, 2.05) is 30.3 Å². The lowest BCUT2D eigenvalue weighted by molar-refractivity contribution is 0.246. The van der Waals surface area contributed by atoms with Gasteiger partial charge in [-0.3, -0.25) is 4.90 Å². The molecule has 0 aliphatic carbocycles. The third-order valence-electron chi connectivity index (χ3n) is 4.72. The topological polar surface area (TPSA) is 34.6 Å². The van der Waals surface area contributed by atoms with Crippen molar-refractivity contribution in [2.75, 3.05) is 21.3 Å². The number of methoxy groups -OCH3 is 2. The number of aromatic nitrogens is 1. The van der Waals surface area contributed by atoms with Crippen molar-refractivity contribution in [3.63, 3.8) is 0 Å². The van der Waals surface area contributed by atoms with Crippen LogP contribution in [0.2, 0.25) is 0 Å². The van der Waals surface area contributed by atoms with Crippen LogP contribution in [-0.4, -0.2) is 37.2 Å². The molecule has 1 heterocycles. The number of thiazole rings is 1. The zero-order valence-corrected chi connectivity index (χ0v) is 17.1. The lowest BCUT2D eigenvalue weighted by atomic mass is 10.1. The van der Waals surface area contributed by atoms with Gasteiger partial charge >= 0.3 is 0 Å². The molecule has 1 aromatic heterocycles. The van der Waals surface area contributed by atoms with E-state index >= 15 is 0 Å². The average molecular weight is 383 g/mol. The summed E-state index contributed by atoms with van der Waals surface area (Å²) in [7, 11) is 5.53. The van der Waals surface area contributed by atoms with E-state index in [4.69, 9.17) is 14.5 Å². The Labute approximate surface area is 165 Å². The number of benzene rings is 2. The highest BCUT2D eigenvalue weighted by Gasteiger charge is 2.13. The fourth-order valence-electron chi connectivity index (χ4n) is 2.94. The fraction of sp³-hybridized carbons (Fsp3) is 0.318. The van der Waals surface area contributed by atoms with Crippen molar-refractivity contribution in [1.29, 1.82) is 0 Å². The molecule has 0 aliphatic heterocycles. The Morgan fingerprint density at radius 3 is 2.48 bits per heavy atom. The van der Waals surface area contributed by atoms with Crippen LogP contribution in [0.25, 0.3) is 10.6 Å². The number of hydrogen-bond acceptors (Lipinski definition) is 5. The summed E-state index contributed by atoms with van der Waals surface area (Å²) in [6, 6.07) is 16.8. The smallest absolute Gasteiger partial charge is 0.123 e. The lowest BCUT2D eigenvalue weighted by Crippen LogP contribution is -2.30. The molecule has 3 aromatic rings. The van der Waals surface area contributed by atoms with Gasteiger partial charge in [0.15, 0.2) is 0 Å². The minimum atomic E-state index is 0.417. The quantitative estimate of drug-likeness (QED) is 0.555. The van der Waals surface area contributed by atoms with Crippen LogP contribution in [0.1, 0.15) is 18.2 Å². The highest BCUT2D eigenvalue weighted by molar-refractivity contribution is 7.13. The maximum atomic E-state index is 5.31. The predicted octanol–water partition coefficient (Wildman–Crippen LogP) is 4.89. The van der Waals surface area contributed by atoms with Gasteiger partial charge in [0.25, 0.3) is 0 Å². The molecule has 0 amide bonds. The monoisotopic (exact) mass is 382 g/mol. The summed E-state index contributed by atoms with van der Waals surface area (Å²) in [4.78, 5) is 7.15. The van der Waals surface area contributed by atoms with Gasteiger partial charge in [-0.15, -0.1) is 11.3 Å². The molecular weight excluding hydrogens is 356 g/mol. The van der Waals surface area contributed by atoms with Gasteiger partial charge < -0.3 is 9.47 Å². The van der Waals surface area contributed by atoms with E-state index in [0.717, 1.165) is 40.7 Å². The molecular formula is C22H26N2O2S. The highest BCUT2D eigenvalue weighted by Crippen LogP contribution is 2.27. The first-order chi connectivity index (χ1) is 13.1. The molecule has 27 heavy (non-hydrogen) atoms. The molecule has 142 valence electrons. The summed E-state index contributed by atoms with van der Waals surface area (Å²) in [5.41, 5.74) is 3.51. The Kier molecular flexibility index (Phi) is 6.48. The Bertz CT molecular complexity index is 861. The molecule has 5 heteroatoms. The van der Waals surface area contributed by atoms with E-state index in [1.165, 1.54) is 5.56 Å². The molecule has 0 radical (unpaired) electrons. The van der Waals surface area contributed by atoms with Crippen LogP contribution in [-0.2, 0) is 13.0 Å². The minimum Gasteiger partial charge on any atom is -0.497 e. The second-order valence-corrected chi connectivity index (χ2v) is 7.55. The Morgan fingerprint density at radius 2 is 1.78 bits per heavy atom. The summed E-state index contributed by atoms with van der Waals surface area (Å²) in [5, 5.41) is 3.17. The van der Waals surface area contributed by atoms with Gasteiger partial charge in [0.1, 0.15) is 16.5 Å². The van der Waals surface area contributed by atoms with Gasteiger partial charge in [-0.1, -0.05) is 24.3 Å². The number of nitrogens with zero attached hydrogens (tertiary/aromatic N) is 2. The Hall–Kier alpha value is -2.37. The van der Waals surface area contributed by atoms with Gasteiger partial charge in [0.2, 0.25) is 0 Å². The maximum absolute atomic E-state index is 5.31. The second-order valence-electron chi connectivity index (χ2n) is 6.69. The summed E-state index contributed by atoms with van der Waals surface area (Å²) >= 11 is 1.68. The predicted molar refractivity (Wildman–Crippen MR) is 112 cm³/mol. The summed E-state index contributed by atoms with van der Waals surface area (Å²) in [5.74, 6) is 1.75. The first-order valence-corrected chi connectivity index (χ1v) is 9.89. The maximum Gasteiger partial charge on any atom is 0.123 e. The largest absolute Gasteiger partial charge is 0.497 e. The molecule has 1 atom stereocenters. The molecule has 0 N–H and O–H groups in total. The number of likely N-dealkylation sites (N-methyl/N-ethyl adjacent to an activating group) is 1. The van der Waals surface area contributed by atoms with Crippen LogP contribution in [0.5, 0.6) is 11.5 Å². The van der Waals surface area contributed by atoms with E-state index in [2.05, 4.69) is 42.5 Å². The van der Waals surface area contributed by atoms with Crippen molar-refractivity contribution >= 4 is 11.3 Å². The van der Waals surface area contributed by atoms with Gasteiger partial charge in [-0.2, -0.15) is 0 Å². The third-order valence-corrected chi connectivity index (χ3v) is 5.66. The lowest BCUT2D eigenvalue weighted by Gasteiger charge is -2.24. The van der Waals surface area contributed by atoms with Crippen LogP contribution >= 0.6 is 11.3 Å². The highest BCUT2D eigenvalue weighted by atomic mass is 32.1. The molecule has 1 unspecified atom stereocenters. The van der Waals surface area contributed by atoms with E-state index < -0.39 is 0 Å². The van der Waals surface area contributed by atoms with Gasteiger partial charge in [0.05, 0.1) is 19.9 Å². The first-order valence-electron chi connectivity index (χ1n) is 9.01. The van der Waals surface area contributed by atoms with E-state index in [9.17, 15) is 0 Å². The first kappa shape index (κ1) is 19.4. The number of ether oxygens (including phenoxy) is 2. The molecule has 0 bridgehead atoms. The van der Waals surface area contributed by atoms with Crippen molar-refractivity contribution in [3.05, 3.63) is 65.2 Å². The average Bonchev–Trinajstić information content (AvgIpc) is 3.17. The zero-order valence-electron chi connectivity index (χ0n) is 16.3. The summed E-state index contributed by atoms with van der Waals surface area (Å²) in [6.07, 6.45) is 0.993. The van der Waals surface area contributed by atoms with Gasteiger partial charge in [-0.05, 0) is 50.2 Å². The fourth-order valence-corrected chi connectivity index (χ4v) is 3.75. The van der Waals surface area contributed by atoms with E-state index in [0.29, 0.717) is 6.04 Å². The zero-order chi connectivity index (χ0) is 19.2. The van der Waals surface area contributed by atoms with Crippen LogP contribution in [0, 0.1) is 0 Å². The molecule has 4 nitrogen and oxygen atoms in total. The van der Waals surface area contributed by atoms with Crippen LogP contribution in [0.15, 0.2) is 53.9 Å². The summed E-state index contributed by atoms with van der Waals surface area (Å²) in [6.45, 7) is 3.08. The van der Waals surface area contributed by atoms with Crippen molar-refractivity contribution in [2.24, 2.45) is 0 Å². The van der Waals surface area contributed by atoms with Crippen molar-refractivity contribution in [2.45, 2.75) is 25.9 Å². The molecule has 0 aliphatic rings. The van der Waals surface area contributed by atoms with Crippen molar-refractivity contribution in [1.82, 2.24) is 9.88 Å². The standard InChI is InChI=1S/C22H26N2O2S/c1-16(12-17-8-10-20(25-3)11-9-17)24(2)14-19-15-27-22(23-19)18-6-5-7-21(13-18)26-4/h5-11,13,15-16H,12,14H2,1-4H3. The minimum absolute atomic E-state index is 0.417. The molecule has 0 fully saturated rings. The van der Waals surface area contributed by atoms with Crippen LogP contribution < -0.4 is 9.47 Å². The van der Waals surface area contributed by atoms with Crippen LogP contribution in [0.4, 0.5) is 0 Å². The van der Waals surface area contributed by atoms with Crippen molar-refractivity contribution < 1.29 is 9.47 Å². The SMILES string of the molecule is COc1ccc(CC(C)N(C)Cc2csc(-c3cccc(OC)c3)n2)cc1. The van der Waals surface area contributed by atoms with Gasteiger partial charge in [0, 0.05) is 23.5 Å². The second kappa shape index (κ2) is 9.02. The third kappa shape index (κ3) is 5.08. The molecule has 0 spiro atoms. The van der Waals surface area contributed by atoms with E-state index in [1.54, 1.807) is 25.6 Å². The molecule has 2 aromatic carbocycles. The Morgan fingerprint density at radius 1 is 1.04 bits per heavy atom. The van der Waals surface area contributed by atoms with E-state index in [-0.39, 0.29) is 0 Å². The number of rotatable bonds is 8. The van der Waals surface area contributed by atoms with Gasteiger partial charge in [-0.25, -0.2) is 4.98 Å².